The van der Waals surface area contributed by atoms with Crippen LogP contribution < -0.4 is 0 Å². The minimum Gasteiger partial charge on any atom is -0.361 e. The predicted octanol–water partition coefficient (Wildman–Crippen LogP) is 6.06. The molecule has 2 aromatic heterocycles. The molecular formula is C20H19F3N2. The first-order chi connectivity index (χ1) is 11.7. The molecule has 0 atom stereocenters. The Morgan fingerprint density at radius 3 is 2.20 bits per heavy atom. The maximum absolute atomic E-state index is 13.6. The maximum Gasteiger partial charge on any atom is 0.418 e. The van der Waals surface area contributed by atoms with Gasteiger partial charge in [-0.15, -0.1) is 0 Å². The first kappa shape index (κ1) is 17.3. The Balaban J connectivity index is 2.40. The lowest BCUT2D eigenvalue weighted by Crippen LogP contribution is -2.16. The van der Waals surface area contributed by atoms with E-state index in [2.05, 4.69) is 9.97 Å². The lowest BCUT2D eigenvalue weighted by atomic mass is 9.80. The summed E-state index contributed by atoms with van der Waals surface area (Å²) < 4.78 is 40.8. The summed E-state index contributed by atoms with van der Waals surface area (Å²) in [6.07, 6.45) is -1.31. The minimum absolute atomic E-state index is 0.0369. The smallest absolute Gasteiger partial charge is 0.361 e. The maximum atomic E-state index is 13.6. The molecule has 5 heteroatoms. The number of nitrogens with one attached hydrogen (secondary N) is 1. The third-order valence-corrected chi connectivity index (χ3v) is 4.11. The van der Waals surface area contributed by atoms with Crippen molar-refractivity contribution in [3.63, 3.8) is 0 Å². The molecule has 0 aliphatic carbocycles. The van der Waals surface area contributed by atoms with Crippen molar-refractivity contribution in [1.82, 2.24) is 9.97 Å². The van der Waals surface area contributed by atoms with Gasteiger partial charge in [0.1, 0.15) is 0 Å². The Bertz CT molecular complexity index is 873. The SMILES string of the molecule is CC(C)(C)c1cccc(-c2ccc[nH]2)c1-c1ncccc1C(F)(F)F. The number of rotatable bonds is 2. The number of benzene rings is 1. The van der Waals surface area contributed by atoms with Crippen LogP contribution in [0.3, 0.4) is 0 Å². The zero-order valence-electron chi connectivity index (χ0n) is 14.3. The highest BCUT2D eigenvalue weighted by atomic mass is 19.4. The summed E-state index contributed by atoms with van der Waals surface area (Å²) >= 11 is 0. The fourth-order valence-corrected chi connectivity index (χ4v) is 2.99. The molecule has 1 N–H and O–H groups in total. The quantitative estimate of drug-likeness (QED) is 0.601. The molecule has 1 aromatic carbocycles. The summed E-state index contributed by atoms with van der Waals surface area (Å²) in [6, 6.07) is 11.6. The highest BCUT2D eigenvalue weighted by molar-refractivity contribution is 5.85. The van der Waals surface area contributed by atoms with Gasteiger partial charge >= 0.3 is 6.18 Å². The molecule has 0 amide bonds. The lowest BCUT2D eigenvalue weighted by Gasteiger charge is -2.26. The number of hydrogen-bond donors (Lipinski definition) is 1. The van der Waals surface area contributed by atoms with Crippen LogP contribution in [-0.2, 0) is 11.6 Å². The standard InChI is InChI=1S/C20H19F3N2/c1-19(2,3)14-8-4-7-13(16-10-6-11-24-16)17(14)18-15(20(21,22)23)9-5-12-25-18/h4-12,24H,1-3H3. The zero-order chi connectivity index (χ0) is 18.2. The van der Waals surface area contributed by atoms with Crippen molar-refractivity contribution in [2.75, 3.05) is 0 Å². The van der Waals surface area contributed by atoms with Crippen LogP contribution in [0.2, 0.25) is 0 Å². The number of alkyl halides is 3. The van der Waals surface area contributed by atoms with Crippen molar-refractivity contribution in [1.29, 1.82) is 0 Å². The highest BCUT2D eigenvalue weighted by Crippen LogP contribution is 2.43. The van der Waals surface area contributed by atoms with E-state index in [1.807, 2.05) is 51.1 Å². The zero-order valence-corrected chi connectivity index (χ0v) is 14.3. The molecule has 25 heavy (non-hydrogen) atoms. The van der Waals surface area contributed by atoms with E-state index in [1.165, 1.54) is 12.3 Å². The Kier molecular flexibility index (Phi) is 4.19. The third kappa shape index (κ3) is 3.31. The van der Waals surface area contributed by atoms with Crippen LogP contribution in [-0.4, -0.2) is 9.97 Å². The number of nitrogens with zero attached hydrogens (tertiary/aromatic N) is 1. The summed E-state index contributed by atoms with van der Waals surface area (Å²) in [5.74, 6) is 0. The molecule has 2 heterocycles. The molecule has 0 spiro atoms. The van der Waals surface area contributed by atoms with Crippen LogP contribution in [0.15, 0.2) is 54.9 Å². The van der Waals surface area contributed by atoms with E-state index < -0.39 is 11.7 Å². The van der Waals surface area contributed by atoms with Gasteiger partial charge in [-0.05, 0) is 35.2 Å². The molecule has 0 saturated heterocycles. The van der Waals surface area contributed by atoms with Gasteiger partial charge in [0, 0.05) is 29.2 Å². The van der Waals surface area contributed by atoms with Gasteiger partial charge in [-0.2, -0.15) is 13.2 Å². The van der Waals surface area contributed by atoms with Gasteiger partial charge in [0.15, 0.2) is 0 Å². The number of H-pyrrole nitrogens is 1. The van der Waals surface area contributed by atoms with Crippen molar-refractivity contribution >= 4 is 0 Å². The number of aromatic nitrogens is 2. The molecule has 0 unspecified atom stereocenters. The second-order valence-corrected chi connectivity index (χ2v) is 6.96. The van der Waals surface area contributed by atoms with E-state index in [0.29, 0.717) is 11.1 Å². The van der Waals surface area contributed by atoms with Crippen molar-refractivity contribution in [3.8, 4) is 22.5 Å². The Morgan fingerprint density at radius 1 is 0.880 bits per heavy atom. The average Bonchev–Trinajstić information content (AvgIpc) is 3.07. The molecule has 2 nitrogen and oxygen atoms in total. The van der Waals surface area contributed by atoms with E-state index >= 15 is 0 Å². The fraction of sp³-hybridized carbons (Fsp3) is 0.250. The summed E-state index contributed by atoms with van der Waals surface area (Å²) in [6.45, 7) is 5.96. The van der Waals surface area contributed by atoms with Crippen LogP contribution >= 0.6 is 0 Å². The highest BCUT2D eigenvalue weighted by Gasteiger charge is 2.36. The fourth-order valence-electron chi connectivity index (χ4n) is 2.99. The van der Waals surface area contributed by atoms with Crippen molar-refractivity contribution < 1.29 is 13.2 Å². The van der Waals surface area contributed by atoms with Crippen molar-refractivity contribution in [2.24, 2.45) is 0 Å². The minimum atomic E-state index is -4.47. The summed E-state index contributed by atoms with van der Waals surface area (Å²) in [5.41, 5.74) is 1.72. The van der Waals surface area contributed by atoms with Gasteiger partial charge in [-0.1, -0.05) is 39.0 Å². The molecule has 130 valence electrons. The van der Waals surface area contributed by atoms with Crippen LogP contribution in [0.4, 0.5) is 13.2 Å². The van der Waals surface area contributed by atoms with Crippen molar-refractivity contribution in [2.45, 2.75) is 32.4 Å². The predicted molar refractivity (Wildman–Crippen MR) is 93.2 cm³/mol. The van der Waals surface area contributed by atoms with Gasteiger partial charge in [0.25, 0.3) is 0 Å². The van der Waals surface area contributed by atoms with Crippen molar-refractivity contribution in [3.05, 3.63) is 66.0 Å². The van der Waals surface area contributed by atoms with Gasteiger partial charge in [-0.25, -0.2) is 0 Å². The van der Waals surface area contributed by atoms with E-state index in [-0.39, 0.29) is 11.1 Å². The molecule has 0 bridgehead atoms. The molecule has 0 saturated carbocycles. The first-order valence-electron chi connectivity index (χ1n) is 7.99. The van der Waals surface area contributed by atoms with E-state index in [9.17, 15) is 13.2 Å². The monoisotopic (exact) mass is 344 g/mol. The second kappa shape index (κ2) is 6.06. The van der Waals surface area contributed by atoms with Gasteiger partial charge in [-0.3, -0.25) is 4.98 Å². The topological polar surface area (TPSA) is 28.7 Å². The van der Waals surface area contributed by atoms with Crippen LogP contribution in [0.5, 0.6) is 0 Å². The number of hydrogen-bond acceptors (Lipinski definition) is 1. The largest absolute Gasteiger partial charge is 0.418 e. The summed E-state index contributed by atoms with van der Waals surface area (Å²) in [4.78, 5) is 7.22. The van der Waals surface area contributed by atoms with Gasteiger partial charge < -0.3 is 4.98 Å². The summed E-state index contributed by atoms with van der Waals surface area (Å²) in [5, 5.41) is 0. The van der Waals surface area contributed by atoms with E-state index in [4.69, 9.17) is 0 Å². The van der Waals surface area contributed by atoms with Crippen LogP contribution in [0.1, 0.15) is 31.9 Å². The Morgan fingerprint density at radius 2 is 1.60 bits per heavy atom. The normalized spacial score (nSPS) is 12.4. The Hall–Kier alpha value is -2.56. The molecule has 0 aliphatic rings. The third-order valence-electron chi connectivity index (χ3n) is 4.11. The molecule has 0 aliphatic heterocycles. The molecule has 0 fully saturated rings. The second-order valence-electron chi connectivity index (χ2n) is 6.96. The molecule has 3 aromatic rings. The first-order valence-corrected chi connectivity index (χ1v) is 7.99. The lowest BCUT2D eigenvalue weighted by molar-refractivity contribution is -0.137. The van der Waals surface area contributed by atoms with E-state index in [1.54, 1.807) is 6.20 Å². The molecule has 3 rings (SSSR count). The average molecular weight is 344 g/mol. The van der Waals surface area contributed by atoms with Gasteiger partial charge in [0.2, 0.25) is 0 Å². The molecular weight excluding hydrogens is 325 g/mol. The van der Waals surface area contributed by atoms with Crippen LogP contribution in [0, 0.1) is 0 Å². The molecule has 0 radical (unpaired) electrons. The van der Waals surface area contributed by atoms with E-state index in [0.717, 1.165) is 17.3 Å². The van der Waals surface area contributed by atoms with Gasteiger partial charge in [0.05, 0.1) is 11.3 Å². The number of aromatic amines is 1. The number of pyridine rings is 1. The number of halogens is 3. The van der Waals surface area contributed by atoms with Crippen LogP contribution in [0.25, 0.3) is 22.5 Å². The Labute approximate surface area is 144 Å². The summed E-state index contributed by atoms with van der Waals surface area (Å²) in [7, 11) is 0.